The van der Waals surface area contributed by atoms with E-state index in [0.29, 0.717) is 23.3 Å². The lowest BCUT2D eigenvalue weighted by atomic mass is 10.2. The van der Waals surface area contributed by atoms with E-state index in [-0.39, 0.29) is 0 Å². The highest BCUT2D eigenvalue weighted by molar-refractivity contribution is 6.33. The Morgan fingerprint density at radius 2 is 1.65 bits per heavy atom. The van der Waals surface area contributed by atoms with E-state index in [0.717, 1.165) is 25.2 Å². The fourth-order valence-corrected chi connectivity index (χ4v) is 2.88. The second-order valence-electron chi connectivity index (χ2n) is 6.50. The van der Waals surface area contributed by atoms with Crippen LogP contribution in [-0.2, 0) is 13.1 Å². The van der Waals surface area contributed by atoms with Crippen molar-refractivity contribution in [2.24, 2.45) is 0 Å². The minimum atomic E-state index is 0.456. The first kappa shape index (κ1) is 18.6. The molecule has 5 nitrogen and oxygen atoms in total. The highest BCUT2D eigenvalue weighted by Gasteiger charge is 2.15. The molecular formula is C20H23ClN4O. The third-order valence-corrected chi connectivity index (χ3v) is 4.38. The molecule has 1 aromatic heterocycles. The quantitative estimate of drug-likeness (QED) is 0.600. The van der Waals surface area contributed by atoms with Crippen LogP contribution in [0.2, 0.25) is 5.02 Å². The standard InChI is InChI=1S/C20H23ClN4O/c1-24(2)12-13-25(14-16-8-4-3-5-9-16)15-19-22-20(26-23-19)17-10-6-7-11-18(17)21/h3-11H,12-15H2,1-2H3. The molecular weight excluding hydrogens is 348 g/mol. The molecule has 0 saturated heterocycles. The fraction of sp³-hybridized carbons (Fsp3) is 0.300. The zero-order valence-corrected chi connectivity index (χ0v) is 15.9. The van der Waals surface area contributed by atoms with Gasteiger partial charge in [-0.3, -0.25) is 4.90 Å². The maximum atomic E-state index is 6.22. The monoisotopic (exact) mass is 370 g/mol. The summed E-state index contributed by atoms with van der Waals surface area (Å²) in [5, 5.41) is 4.75. The minimum absolute atomic E-state index is 0.456. The van der Waals surface area contributed by atoms with Crippen LogP contribution in [0, 0.1) is 0 Å². The second-order valence-corrected chi connectivity index (χ2v) is 6.90. The summed E-state index contributed by atoms with van der Waals surface area (Å²) in [4.78, 5) is 9.02. The average molecular weight is 371 g/mol. The number of aromatic nitrogens is 2. The van der Waals surface area contributed by atoms with Gasteiger partial charge >= 0.3 is 0 Å². The number of hydrogen-bond donors (Lipinski definition) is 0. The first-order valence-corrected chi connectivity index (χ1v) is 8.98. The molecule has 0 amide bonds. The van der Waals surface area contributed by atoms with E-state index in [4.69, 9.17) is 16.1 Å². The Bertz CT molecular complexity index is 819. The molecule has 3 rings (SSSR count). The minimum Gasteiger partial charge on any atom is -0.334 e. The Hall–Kier alpha value is -2.21. The Morgan fingerprint density at radius 3 is 2.38 bits per heavy atom. The van der Waals surface area contributed by atoms with Crippen molar-refractivity contribution in [1.29, 1.82) is 0 Å². The summed E-state index contributed by atoms with van der Waals surface area (Å²) in [6.07, 6.45) is 0. The lowest BCUT2D eigenvalue weighted by molar-refractivity contribution is 0.219. The number of hydrogen-bond acceptors (Lipinski definition) is 5. The molecule has 3 aromatic rings. The van der Waals surface area contributed by atoms with E-state index in [2.05, 4.69) is 58.3 Å². The summed E-state index contributed by atoms with van der Waals surface area (Å²) in [6.45, 7) is 3.33. The molecule has 0 aliphatic heterocycles. The van der Waals surface area contributed by atoms with Gasteiger partial charge in [-0.25, -0.2) is 0 Å². The van der Waals surface area contributed by atoms with Gasteiger partial charge in [-0.1, -0.05) is 59.2 Å². The van der Waals surface area contributed by atoms with Crippen molar-refractivity contribution < 1.29 is 4.52 Å². The van der Waals surface area contributed by atoms with Gasteiger partial charge in [0.15, 0.2) is 5.82 Å². The van der Waals surface area contributed by atoms with Crippen molar-refractivity contribution in [2.75, 3.05) is 27.2 Å². The molecule has 0 fully saturated rings. The number of rotatable bonds is 8. The van der Waals surface area contributed by atoms with Crippen molar-refractivity contribution in [3.63, 3.8) is 0 Å². The fourth-order valence-electron chi connectivity index (χ4n) is 2.66. The van der Waals surface area contributed by atoms with Gasteiger partial charge in [-0.15, -0.1) is 0 Å². The van der Waals surface area contributed by atoms with Crippen LogP contribution in [0.1, 0.15) is 11.4 Å². The largest absolute Gasteiger partial charge is 0.334 e. The summed E-state index contributed by atoms with van der Waals surface area (Å²) in [7, 11) is 4.15. The van der Waals surface area contributed by atoms with Gasteiger partial charge in [0, 0.05) is 19.6 Å². The summed E-state index contributed by atoms with van der Waals surface area (Å²) in [6, 6.07) is 17.9. The molecule has 0 unspecified atom stereocenters. The summed E-state index contributed by atoms with van der Waals surface area (Å²) in [5.74, 6) is 1.12. The molecule has 0 atom stereocenters. The van der Waals surface area contributed by atoms with Crippen molar-refractivity contribution in [2.45, 2.75) is 13.1 Å². The number of likely N-dealkylation sites (N-methyl/N-ethyl adjacent to an activating group) is 1. The van der Waals surface area contributed by atoms with Crippen LogP contribution >= 0.6 is 11.6 Å². The normalized spacial score (nSPS) is 11.4. The third-order valence-electron chi connectivity index (χ3n) is 4.05. The molecule has 0 N–H and O–H groups in total. The van der Waals surface area contributed by atoms with Crippen LogP contribution in [0.3, 0.4) is 0 Å². The van der Waals surface area contributed by atoms with Gasteiger partial charge in [0.2, 0.25) is 0 Å². The summed E-state index contributed by atoms with van der Waals surface area (Å²) in [5.41, 5.74) is 2.02. The maximum Gasteiger partial charge on any atom is 0.259 e. The topological polar surface area (TPSA) is 45.4 Å². The molecule has 0 spiro atoms. The first-order valence-electron chi connectivity index (χ1n) is 8.60. The summed E-state index contributed by atoms with van der Waals surface area (Å²) < 4.78 is 5.43. The third kappa shape index (κ3) is 5.14. The second kappa shape index (κ2) is 8.94. The Balaban J connectivity index is 1.73. The van der Waals surface area contributed by atoms with Crippen molar-refractivity contribution >= 4 is 11.6 Å². The Morgan fingerprint density at radius 1 is 0.923 bits per heavy atom. The molecule has 0 aliphatic carbocycles. The number of nitrogens with zero attached hydrogens (tertiary/aromatic N) is 4. The van der Waals surface area contributed by atoms with E-state index in [9.17, 15) is 0 Å². The van der Waals surface area contributed by atoms with Crippen LogP contribution in [0.4, 0.5) is 0 Å². The zero-order chi connectivity index (χ0) is 18.4. The van der Waals surface area contributed by atoms with Gasteiger partial charge in [-0.2, -0.15) is 4.98 Å². The predicted molar refractivity (Wildman–Crippen MR) is 104 cm³/mol. The van der Waals surface area contributed by atoms with E-state index < -0.39 is 0 Å². The highest BCUT2D eigenvalue weighted by atomic mass is 35.5. The Kier molecular flexibility index (Phi) is 6.39. The van der Waals surface area contributed by atoms with E-state index in [1.807, 2.05) is 30.3 Å². The van der Waals surface area contributed by atoms with Crippen LogP contribution in [0.25, 0.3) is 11.5 Å². The molecule has 26 heavy (non-hydrogen) atoms. The van der Waals surface area contributed by atoms with E-state index >= 15 is 0 Å². The molecule has 2 aromatic carbocycles. The molecule has 0 aliphatic rings. The van der Waals surface area contributed by atoms with Gasteiger partial charge in [-0.05, 0) is 31.8 Å². The van der Waals surface area contributed by atoms with E-state index in [1.165, 1.54) is 5.56 Å². The number of benzene rings is 2. The van der Waals surface area contributed by atoms with Crippen LogP contribution in [0.15, 0.2) is 59.1 Å². The molecule has 0 bridgehead atoms. The first-order chi connectivity index (χ1) is 12.6. The van der Waals surface area contributed by atoms with Crippen molar-refractivity contribution in [1.82, 2.24) is 19.9 Å². The Labute approximate surface area is 159 Å². The molecule has 6 heteroatoms. The lowest BCUT2D eigenvalue weighted by Crippen LogP contribution is -2.31. The molecule has 1 heterocycles. The van der Waals surface area contributed by atoms with E-state index in [1.54, 1.807) is 0 Å². The van der Waals surface area contributed by atoms with Gasteiger partial charge < -0.3 is 9.42 Å². The number of halogens is 1. The van der Waals surface area contributed by atoms with Gasteiger partial charge in [0.25, 0.3) is 5.89 Å². The molecule has 136 valence electrons. The average Bonchev–Trinajstić information content (AvgIpc) is 3.09. The summed E-state index contributed by atoms with van der Waals surface area (Å²) >= 11 is 6.22. The van der Waals surface area contributed by atoms with Crippen LogP contribution in [0.5, 0.6) is 0 Å². The highest BCUT2D eigenvalue weighted by Crippen LogP contribution is 2.26. The van der Waals surface area contributed by atoms with Crippen molar-refractivity contribution in [3.8, 4) is 11.5 Å². The maximum absolute atomic E-state index is 6.22. The lowest BCUT2D eigenvalue weighted by Gasteiger charge is -2.22. The van der Waals surface area contributed by atoms with Crippen molar-refractivity contribution in [3.05, 3.63) is 71.0 Å². The smallest absolute Gasteiger partial charge is 0.259 e. The molecule has 0 radical (unpaired) electrons. The SMILES string of the molecule is CN(C)CCN(Cc1ccccc1)Cc1noc(-c2ccccc2Cl)n1. The van der Waals surface area contributed by atoms with Crippen LogP contribution in [-0.4, -0.2) is 47.1 Å². The van der Waals surface area contributed by atoms with Gasteiger partial charge in [0.1, 0.15) is 0 Å². The molecule has 0 saturated carbocycles. The van der Waals surface area contributed by atoms with Gasteiger partial charge in [0.05, 0.1) is 17.1 Å². The van der Waals surface area contributed by atoms with Crippen LogP contribution < -0.4 is 0 Å². The predicted octanol–water partition coefficient (Wildman–Crippen LogP) is 3.95. The zero-order valence-electron chi connectivity index (χ0n) is 15.1.